The number of rotatable bonds is 0. The Hall–Kier alpha value is -2.18. The van der Waals surface area contributed by atoms with Crippen molar-refractivity contribution >= 4 is 23.9 Å². The molecule has 1 radical (unpaired) electrons. The van der Waals surface area contributed by atoms with Gasteiger partial charge < -0.3 is 9.47 Å². The van der Waals surface area contributed by atoms with Crippen LogP contribution in [0.5, 0.6) is 0 Å². The number of fused-ring (bicyclic) bond motifs is 2. The van der Waals surface area contributed by atoms with Crippen molar-refractivity contribution < 1.29 is 61.4 Å². The number of hydrogen-bond acceptors (Lipinski definition) is 6. The predicted octanol–water partition coefficient (Wildman–Crippen LogP) is 1.59. The minimum Gasteiger partial charge on any atom is -0.397 e. The van der Waals surface area contributed by atoms with Crippen LogP contribution in [-0.2, 0) is 42.2 Å². The molecule has 2 aliphatic rings. The van der Waals surface area contributed by atoms with E-state index in [1.54, 1.807) is 12.1 Å². The van der Waals surface area contributed by atoms with Crippen molar-refractivity contribution in [1.29, 1.82) is 0 Å². The van der Waals surface area contributed by atoms with Crippen molar-refractivity contribution in [2.75, 3.05) is 0 Å². The SMILES string of the molecule is O=C1OC(=O)c2cc[c-]cc21.O=C1OC(=O)c2cc[c-]cc21.[Y]. The van der Waals surface area contributed by atoms with E-state index in [-0.39, 0.29) is 32.7 Å². The molecule has 111 valence electrons. The summed E-state index contributed by atoms with van der Waals surface area (Å²) in [5.41, 5.74) is 1.26. The van der Waals surface area contributed by atoms with Crippen molar-refractivity contribution in [3.8, 4) is 0 Å². The van der Waals surface area contributed by atoms with E-state index in [4.69, 9.17) is 0 Å². The Bertz CT molecular complexity index is 691. The number of cyclic esters (lactones) is 4. The number of esters is 4. The molecule has 2 heterocycles. The van der Waals surface area contributed by atoms with Crippen molar-refractivity contribution in [2.45, 2.75) is 0 Å². The molecule has 7 heteroatoms. The smallest absolute Gasteiger partial charge is 0.321 e. The third-order valence-corrected chi connectivity index (χ3v) is 2.98. The third kappa shape index (κ3) is 3.28. The summed E-state index contributed by atoms with van der Waals surface area (Å²) in [6, 6.07) is 14.4. The van der Waals surface area contributed by atoms with Gasteiger partial charge in [0.2, 0.25) is 0 Å². The van der Waals surface area contributed by atoms with E-state index in [0.717, 1.165) is 0 Å². The summed E-state index contributed by atoms with van der Waals surface area (Å²) in [5, 5.41) is 0. The maximum Gasteiger partial charge on any atom is 0.321 e. The van der Waals surface area contributed by atoms with Gasteiger partial charge in [-0.2, -0.15) is 48.5 Å². The average molecular weight is 383 g/mol. The molecule has 0 saturated heterocycles. The summed E-state index contributed by atoms with van der Waals surface area (Å²) in [5.74, 6) is -2.30. The Morgan fingerprint density at radius 3 is 1.30 bits per heavy atom. The molecular formula is C16H6O6Y-2. The van der Waals surface area contributed by atoms with Crippen LogP contribution < -0.4 is 0 Å². The van der Waals surface area contributed by atoms with Gasteiger partial charge in [0, 0.05) is 32.7 Å². The standard InChI is InChI=1S/2C8H3O3.Y/c2*9-7-5-3-1-2-4-6(5)8(10)11-7;/h2*1,3-4H;/q2*-1;. The molecule has 0 N–H and O–H groups in total. The van der Waals surface area contributed by atoms with Crippen molar-refractivity contribution in [1.82, 2.24) is 0 Å². The van der Waals surface area contributed by atoms with E-state index in [9.17, 15) is 19.2 Å². The van der Waals surface area contributed by atoms with Crippen molar-refractivity contribution in [2.24, 2.45) is 0 Å². The van der Waals surface area contributed by atoms with Gasteiger partial charge in [0.25, 0.3) is 11.9 Å². The molecule has 0 aromatic heterocycles. The first-order chi connectivity index (χ1) is 10.6. The second kappa shape index (κ2) is 6.94. The predicted molar refractivity (Wildman–Crippen MR) is 70.0 cm³/mol. The minimum absolute atomic E-state index is 0. The van der Waals surface area contributed by atoms with Crippen molar-refractivity contribution in [3.05, 3.63) is 70.8 Å². The van der Waals surface area contributed by atoms with Gasteiger partial charge in [0.05, 0.1) is 0 Å². The molecule has 23 heavy (non-hydrogen) atoms. The first-order valence-electron chi connectivity index (χ1n) is 6.11. The second-order valence-corrected chi connectivity index (χ2v) is 4.30. The molecule has 0 atom stereocenters. The Kier molecular flexibility index (Phi) is 5.18. The maximum atomic E-state index is 10.8. The molecule has 0 aliphatic carbocycles. The zero-order chi connectivity index (χ0) is 15.7. The van der Waals surface area contributed by atoms with Gasteiger partial charge in [0.15, 0.2) is 0 Å². The van der Waals surface area contributed by atoms with E-state index in [1.165, 1.54) is 24.3 Å². The van der Waals surface area contributed by atoms with Crippen LogP contribution >= 0.6 is 0 Å². The van der Waals surface area contributed by atoms with Crippen LogP contribution in [0, 0.1) is 12.1 Å². The quantitative estimate of drug-likeness (QED) is 0.390. The maximum absolute atomic E-state index is 10.8. The van der Waals surface area contributed by atoms with Crippen LogP contribution in [0.3, 0.4) is 0 Å². The van der Waals surface area contributed by atoms with Gasteiger partial charge in [-0.3, -0.25) is 9.59 Å². The molecule has 6 nitrogen and oxygen atoms in total. The summed E-state index contributed by atoms with van der Waals surface area (Å²) < 4.78 is 8.67. The fourth-order valence-electron chi connectivity index (χ4n) is 1.94. The number of benzene rings is 2. The van der Waals surface area contributed by atoms with Gasteiger partial charge in [0.1, 0.15) is 0 Å². The van der Waals surface area contributed by atoms with E-state index >= 15 is 0 Å². The van der Waals surface area contributed by atoms with E-state index in [0.29, 0.717) is 22.3 Å². The number of carbonyl (C=O) groups excluding carboxylic acids is 4. The molecule has 0 amide bonds. The second-order valence-electron chi connectivity index (χ2n) is 4.30. The number of ether oxygens (including phenoxy) is 2. The first-order valence-corrected chi connectivity index (χ1v) is 6.11. The summed E-state index contributed by atoms with van der Waals surface area (Å²) in [6.45, 7) is 0. The van der Waals surface area contributed by atoms with E-state index < -0.39 is 23.9 Å². The summed E-state index contributed by atoms with van der Waals surface area (Å²) >= 11 is 0. The Morgan fingerprint density at radius 1 is 0.609 bits per heavy atom. The fraction of sp³-hybridized carbons (Fsp3) is 0. The molecule has 0 spiro atoms. The molecule has 2 aromatic rings. The Morgan fingerprint density at radius 2 is 0.957 bits per heavy atom. The zero-order valence-corrected chi connectivity index (χ0v) is 14.3. The van der Waals surface area contributed by atoms with Crippen LogP contribution in [-0.4, -0.2) is 23.9 Å². The van der Waals surface area contributed by atoms with Gasteiger partial charge in [-0.05, 0) is 22.3 Å². The van der Waals surface area contributed by atoms with Gasteiger partial charge in [-0.15, -0.1) is 0 Å². The normalized spacial score (nSPS) is 13.9. The van der Waals surface area contributed by atoms with Crippen LogP contribution in [0.15, 0.2) is 36.4 Å². The first kappa shape index (κ1) is 17.2. The molecule has 2 aromatic carbocycles. The molecular weight excluding hydrogens is 377 g/mol. The molecule has 0 bridgehead atoms. The van der Waals surface area contributed by atoms with Crippen LogP contribution in [0.25, 0.3) is 0 Å². The van der Waals surface area contributed by atoms with E-state index in [2.05, 4.69) is 21.6 Å². The zero-order valence-electron chi connectivity index (χ0n) is 11.5. The summed E-state index contributed by atoms with van der Waals surface area (Å²) in [6.07, 6.45) is 0. The minimum atomic E-state index is -0.582. The number of hydrogen-bond donors (Lipinski definition) is 0. The van der Waals surface area contributed by atoms with Gasteiger partial charge >= 0.3 is 11.9 Å². The van der Waals surface area contributed by atoms with E-state index in [1.807, 2.05) is 0 Å². The van der Waals surface area contributed by atoms with Crippen molar-refractivity contribution in [3.63, 3.8) is 0 Å². The Labute approximate surface area is 155 Å². The largest absolute Gasteiger partial charge is 0.397 e. The summed E-state index contributed by atoms with van der Waals surface area (Å²) in [4.78, 5) is 43.3. The molecule has 2 aliphatic heterocycles. The molecule has 0 fully saturated rings. The molecule has 0 saturated carbocycles. The molecule has 0 unspecified atom stereocenters. The monoisotopic (exact) mass is 383 g/mol. The third-order valence-electron chi connectivity index (χ3n) is 2.98. The Balaban J connectivity index is 0.000000160. The van der Waals surface area contributed by atoms with Crippen LogP contribution in [0.1, 0.15) is 41.4 Å². The van der Waals surface area contributed by atoms with Gasteiger partial charge in [-0.25, -0.2) is 9.59 Å². The van der Waals surface area contributed by atoms with Gasteiger partial charge in [-0.1, -0.05) is 0 Å². The summed E-state index contributed by atoms with van der Waals surface area (Å²) in [7, 11) is 0. The fourth-order valence-corrected chi connectivity index (χ4v) is 1.94. The average Bonchev–Trinajstić information content (AvgIpc) is 2.99. The number of carbonyl (C=O) groups is 4. The van der Waals surface area contributed by atoms with Crippen LogP contribution in [0.4, 0.5) is 0 Å². The van der Waals surface area contributed by atoms with Crippen LogP contribution in [0.2, 0.25) is 0 Å². The topological polar surface area (TPSA) is 86.7 Å². The molecule has 4 rings (SSSR count).